The van der Waals surface area contributed by atoms with Crippen molar-refractivity contribution in [3.63, 3.8) is 0 Å². The van der Waals surface area contributed by atoms with Crippen LogP contribution in [0.1, 0.15) is 17.0 Å². The number of aryl methyl sites for hydroxylation is 2. The third kappa shape index (κ3) is 3.60. The number of nitrogens with one attached hydrogen (secondary N) is 2. The number of hydrazine groups is 1. The molecule has 0 unspecified atom stereocenters. The molecule has 1 heterocycles. The molecule has 0 spiro atoms. The zero-order valence-corrected chi connectivity index (χ0v) is 11.4. The van der Waals surface area contributed by atoms with Gasteiger partial charge in [-0.15, -0.1) is 0 Å². The monoisotopic (exact) mass is 297 g/mol. The van der Waals surface area contributed by atoms with Crippen LogP contribution in [0.5, 0.6) is 0 Å². The van der Waals surface area contributed by atoms with Gasteiger partial charge in [0, 0.05) is 11.8 Å². The Balaban J connectivity index is 2.37. The molecule has 4 N–H and O–H groups in total. The number of nitrogens with zero attached hydrogens (tertiary/aromatic N) is 2. The van der Waals surface area contributed by atoms with E-state index in [9.17, 15) is 13.2 Å². The van der Waals surface area contributed by atoms with E-state index in [-0.39, 0.29) is 0 Å². The zero-order chi connectivity index (χ0) is 15.6. The maximum absolute atomic E-state index is 12.7. The van der Waals surface area contributed by atoms with Crippen molar-refractivity contribution in [2.24, 2.45) is 5.84 Å². The molecule has 0 saturated carbocycles. The quantitative estimate of drug-likeness (QED) is 0.599. The van der Waals surface area contributed by atoms with Gasteiger partial charge in [0.2, 0.25) is 0 Å². The van der Waals surface area contributed by atoms with Gasteiger partial charge >= 0.3 is 6.18 Å². The highest BCUT2D eigenvalue weighted by Gasteiger charge is 2.30. The lowest BCUT2D eigenvalue weighted by Crippen LogP contribution is -2.11. The zero-order valence-electron chi connectivity index (χ0n) is 11.4. The number of aromatic nitrogens is 2. The number of halogens is 3. The van der Waals surface area contributed by atoms with E-state index in [0.29, 0.717) is 28.7 Å². The minimum atomic E-state index is -4.39. The summed E-state index contributed by atoms with van der Waals surface area (Å²) in [7, 11) is 0. The number of nitrogens with two attached hydrogens (primary N) is 1. The number of anilines is 3. The number of benzene rings is 1. The standard InChI is InChI=1S/C13H14F3N5/c1-7-3-4-9(13(14,15)16)5-10(7)20-11-6-12(21-17)19-8(2)18-11/h3-6H,17H2,1-2H3,(H2,18,19,20,21). The van der Waals surface area contributed by atoms with Gasteiger partial charge < -0.3 is 10.7 Å². The predicted molar refractivity (Wildman–Crippen MR) is 74.0 cm³/mol. The van der Waals surface area contributed by atoms with Crippen LogP contribution in [0.3, 0.4) is 0 Å². The summed E-state index contributed by atoms with van der Waals surface area (Å²) < 4.78 is 38.2. The molecule has 2 aromatic rings. The second kappa shape index (κ2) is 5.57. The van der Waals surface area contributed by atoms with E-state index >= 15 is 0 Å². The molecule has 112 valence electrons. The second-order valence-corrected chi connectivity index (χ2v) is 4.48. The summed E-state index contributed by atoms with van der Waals surface area (Å²) in [6.45, 7) is 3.36. The largest absolute Gasteiger partial charge is 0.416 e. The van der Waals surface area contributed by atoms with Crippen LogP contribution in [-0.2, 0) is 6.18 Å². The van der Waals surface area contributed by atoms with Gasteiger partial charge in [0.15, 0.2) is 0 Å². The lowest BCUT2D eigenvalue weighted by Gasteiger charge is -2.13. The molecule has 0 amide bonds. The molecule has 5 nitrogen and oxygen atoms in total. The van der Waals surface area contributed by atoms with Crippen LogP contribution in [0.25, 0.3) is 0 Å². The summed E-state index contributed by atoms with van der Waals surface area (Å²) in [4.78, 5) is 8.12. The van der Waals surface area contributed by atoms with Crippen LogP contribution in [-0.4, -0.2) is 9.97 Å². The van der Waals surface area contributed by atoms with Crippen LogP contribution in [0, 0.1) is 13.8 Å². The number of rotatable bonds is 3. The summed E-state index contributed by atoms with van der Waals surface area (Å²) in [6, 6.07) is 4.99. The first-order valence-corrected chi connectivity index (χ1v) is 6.07. The van der Waals surface area contributed by atoms with Crippen molar-refractivity contribution in [3.05, 3.63) is 41.2 Å². The minimum absolute atomic E-state index is 0.325. The van der Waals surface area contributed by atoms with Crippen molar-refractivity contribution in [2.75, 3.05) is 10.7 Å². The molecule has 1 aromatic heterocycles. The van der Waals surface area contributed by atoms with E-state index in [0.717, 1.165) is 12.1 Å². The fourth-order valence-corrected chi connectivity index (χ4v) is 1.78. The third-order valence-corrected chi connectivity index (χ3v) is 2.81. The molecule has 0 radical (unpaired) electrons. The average molecular weight is 297 g/mol. The highest BCUT2D eigenvalue weighted by molar-refractivity contribution is 5.63. The number of hydrogen-bond acceptors (Lipinski definition) is 5. The van der Waals surface area contributed by atoms with Gasteiger partial charge in [-0.05, 0) is 31.5 Å². The van der Waals surface area contributed by atoms with Gasteiger partial charge in [0.25, 0.3) is 0 Å². The van der Waals surface area contributed by atoms with Gasteiger partial charge in [-0.3, -0.25) is 0 Å². The highest BCUT2D eigenvalue weighted by Crippen LogP contribution is 2.32. The highest BCUT2D eigenvalue weighted by atomic mass is 19.4. The number of alkyl halides is 3. The lowest BCUT2D eigenvalue weighted by atomic mass is 10.1. The normalized spacial score (nSPS) is 11.3. The smallest absolute Gasteiger partial charge is 0.340 e. The molecule has 0 bridgehead atoms. The van der Waals surface area contributed by atoms with Crippen LogP contribution in [0.4, 0.5) is 30.5 Å². The van der Waals surface area contributed by atoms with Gasteiger partial charge in [-0.2, -0.15) is 13.2 Å². The second-order valence-electron chi connectivity index (χ2n) is 4.48. The van der Waals surface area contributed by atoms with E-state index in [4.69, 9.17) is 5.84 Å². The Labute approximate surface area is 119 Å². The van der Waals surface area contributed by atoms with Crippen molar-refractivity contribution in [3.8, 4) is 0 Å². The lowest BCUT2D eigenvalue weighted by molar-refractivity contribution is -0.137. The van der Waals surface area contributed by atoms with E-state index < -0.39 is 11.7 Å². The van der Waals surface area contributed by atoms with E-state index in [2.05, 4.69) is 20.7 Å². The topological polar surface area (TPSA) is 75.9 Å². The SMILES string of the molecule is Cc1nc(NN)cc(Nc2cc(C(F)(F)F)ccc2C)n1. The van der Waals surface area contributed by atoms with Crippen LogP contribution < -0.4 is 16.6 Å². The van der Waals surface area contributed by atoms with Crippen molar-refractivity contribution >= 4 is 17.3 Å². The Kier molecular flexibility index (Phi) is 3.99. The molecule has 0 aliphatic heterocycles. The summed E-state index contributed by atoms with van der Waals surface area (Å²) in [6.07, 6.45) is -4.39. The third-order valence-electron chi connectivity index (χ3n) is 2.81. The Hall–Kier alpha value is -2.35. The molecule has 8 heteroatoms. The molecular weight excluding hydrogens is 283 g/mol. The first-order valence-electron chi connectivity index (χ1n) is 6.07. The van der Waals surface area contributed by atoms with Crippen LogP contribution >= 0.6 is 0 Å². The Bertz CT molecular complexity index is 655. The molecule has 0 fully saturated rings. The molecule has 0 aliphatic carbocycles. The molecule has 21 heavy (non-hydrogen) atoms. The van der Waals surface area contributed by atoms with Crippen LogP contribution in [0.15, 0.2) is 24.3 Å². The molecule has 0 saturated heterocycles. The van der Waals surface area contributed by atoms with Gasteiger partial charge in [-0.1, -0.05) is 6.07 Å². The summed E-state index contributed by atoms with van der Waals surface area (Å²) >= 11 is 0. The summed E-state index contributed by atoms with van der Waals surface area (Å²) in [5, 5.41) is 2.85. The van der Waals surface area contributed by atoms with E-state index in [1.165, 1.54) is 12.1 Å². The fourth-order valence-electron chi connectivity index (χ4n) is 1.78. The minimum Gasteiger partial charge on any atom is -0.340 e. The van der Waals surface area contributed by atoms with Gasteiger partial charge in [-0.25, -0.2) is 15.8 Å². The maximum Gasteiger partial charge on any atom is 0.416 e. The van der Waals surface area contributed by atoms with Crippen molar-refractivity contribution < 1.29 is 13.2 Å². The number of hydrogen-bond donors (Lipinski definition) is 3. The predicted octanol–water partition coefficient (Wildman–Crippen LogP) is 3.14. The summed E-state index contributed by atoms with van der Waals surface area (Å²) in [5.74, 6) is 6.45. The molecular formula is C13H14F3N5. The molecule has 0 aliphatic rings. The Morgan fingerprint density at radius 3 is 2.33 bits per heavy atom. The number of nitrogen functional groups attached to an aromatic ring is 1. The first-order chi connectivity index (χ1) is 9.79. The van der Waals surface area contributed by atoms with Crippen LogP contribution in [0.2, 0.25) is 0 Å². The van der Waals surface area contributed by atoms with E-state index in [1.54, 1.807) is 13.8 Å². The average Bonchev–Trinajstić information content (AvgIpc) is 2.39. The first kappa shape index (κ1) is 15.0. The molecule has 2 rings (SSSR count). The van der Waals surface area contributed by atoms with Crippen molar-refractivity contribution in [1.82, 2.24) is 9.97 Å². The van der Waals surface area contributed by atoms with E-state index in [1.807, 2.05) is 0 Å². The fraction of sp³-hybridized carbons (Fsp3) is 0.231. The van der Waals surface area contributed by atoms with Gasteiger partial charge in [0.05, 0.1) is 5.56 Å². The summed E-state index contributed by atoms with van der Waals surface area (Å²) in [5.41, 5.74) is 2.64. The molecule has 1 aromatic carbocycles. The Morgan fingerprint density at radius 1 is 1.05 bits per heavy atom. The molecule has 0 atom stereocenters. The van der Waals surface area contributed by atoms with Gasteiger partial charge in [0.1, 0.15) is 17.5 Å². The van der Waals surface area contributed by atoms with Crippen molar-refractivity contribution in [2.45, 2.75) is 20.0 Å². The van der Waals surface area contributed by atoms with Crippen molar-refractivity contribution in [1.29, 1.82) is 0 Å². The maximum atomic E-state index is 12.7. The Morgan fingerprint density at radius 2 is 1.71 bits per heavy atom.